The number of hydrogen-bond donors (Lipinski definition) is 2. The lowest BCUT2D eigenvalue weighted by Gasteiger charge is -2.10. The summed E-state index contributed by atoms with van der Waals surface area (Å²) in [5.74, 6) is 2.06. The van der Waals surface area contributed by atoms with Gasteiger partial charge in [-0.1, -0.05) is 23.2 Å². The topological polar surface area (TPSA) is 59.1 Å². The predicted octanol–water partition coefficient (Wildman–Crippen LogP) is 3.89. The summed E-state index contributed by atoms with van der Waals surface area (Å²) in [6, 6.07) is 7.06. The lowest BCUT2D eigenvalue weighted by Crippen LogP contribution is -2.10. The molecule has 1 aromatic heterocycles. The molecule has 1 heterocycles. The Balaban J connectivity index is 2.15. The van der Waals surface area contributed by atoms with Crippen molar-refractivity contribution in [2.24, 2.45) is 0 Å². The number of anilines is 3. The Kier molecular flexibility index (Phi) is 5.61. The lowest BCUT2D eigenvalue weighted by molar-refractivity contribution is 0.210. The molecular formula is C14H16Cl2N4O. The van der Waals surface area contributed by atoms with Gasteiger partial charge in [-0.05, 0) is 25.1 Å². The molecule has 0 bridgehead atoms. The molecule has 1 aromatic carbocycles. The SMILES string of the molecule is COCCNc1cc(Nc2cc(Cl)cc(Cl)c2)nc(C)n1. The Labute approximate surface area is 133 Å². The average molecular weight is 327 g/mol. The second-order valence-electron chi connectivity index (χ2n) is 4.39. The van der Waals surface area contributed by atoms with Crippen LogP contribution in [0.25, 0.3) is 0 Å². The van der Waals surface area contributed by atoms with Crippen LogP contribution >= 0.6 is 23.2 Å². The van der Waals surface area contributed by atoms with Gasteiger partial charge in [0.1, 0.15) is 17.5 Å². The van der Waals surface area contributed by atoms with Gasteiger partial charge < -0.3 is 15.4 Å². The normalized spacial score (nSPS) is 10.5. The Hall–Kier alpha value is -1.56. The van der Waals surface area contributed by atoms with Crippen molar-refractivity contribution >= 4 is 40.5 Å². The van der Waals surface area contributed by atoms with Crippen LogP contribution in [0.1, 0.15) is 5.82 Å². The maximum absolute atomic E-state index is 5.98. The van der Waals surface area contributed by atoms with Crippen LogP contribution in [0.15, 0.2) is 24.3 Å². The third-order valence-electron chi connectivity index (χ3n) is 2.59. The number of nitrogens with zero attached hydrogens (tertiary/aromatic N) is 2. The molecule has 2 aromatic rings. The number of ether oxygens (including phenoxy) is 1. The first-order valence-corrected chi connectivity index (χ1v) is 7.14. The molecule has 0 atom stereocenters. The first-order valence-electron chi connectivity index (χ1n) is 6.38. The summed E-state index contributed by atoms with van der Waals surface area (Å²) in [5, 5.41) is 7.46. The fraction of sp³-hybridized carbons (Fsp3) is 0.286. The summed E-state index contributed by atoms with van der Waals surface area (Å²) in [7, 11) is 1.66. The predicted molar refractivity (Wildman–Crippen MR) is 86.9 cm³/mol. The van der Waals surface area contributed by atoms with Crippen LogP contribution in [0.2, 0.25) is 10.0 Å². The molecule has 21 heavy (non-hydrogen) atoms. The molecule has 0 amide bonds. The van der Waals surface area contributed by atoms with Crippen molar-refractivity contribution in [2.75, 3.05) is 30.9 Å². The summed E-state index contributed by atoms with van der Waals surface area (Å²) < 4.78 is 5.00. The first-order chi connectivity index (χ1) is 10.1. The fourth-order valence-corrected chi connectivity index (χ4v) is 2.30. The summed E-state index contributed by atoms with van der Waals surface area (Å²) >= 11 is 12.0. The van der Waals surface area contributed by atoms with Crippen LogP contribution in [0, 0.1) is 6.92 Å². The van der Waals surface area contributed by atoms with E-state index in [0.29, 0.717) is 34.8 Å². The van der Waals surface area contributed by atoms with Crippen LogP contribution in [-0.4, -0.2) is 30.2 Å². The molecule has 2 N–H and O–H groups in total. The maximum Gasteiger partial charge on any atom is 0.136 e. The van der Waals surface area contributed by atoms with E-state index in [1.54, 1.807) is 25.3 Å². The summed E-state index contributed by atoms with van der Waals surface area (Å²) in [4.78, 5) is 8.65. The summed E-state index contributed by atoms with van der Waals surface area (Å²) in [5.41, 5.74) is 0.772. The number of aryl methyl sites for hydroxylation is 1. The van der Waals surface area contributed by atoms with E-state index < -0.39 is 0 Å². The van der Waals surface area contributed by atoms with Crippen LogP contribution in [0.5, 0.6) is 0 Å². The summed E-state index contributed by atoms with van der Waals surface area (Å²) in [6.45, 7) is 3.11. The van der Waals surface area contributed by atoms with E-state index in [0.717, 1.165) is 11.5 Å². The standard InChI is InChI=1S/C14H16Cl2N4O/c1-9-18-13(17-3-4-21-2)8-14(19-9)20-12-6-10(15)5-11(16)7-12/h5-8H,3-4H2,1-2H3,(H2,17,18,19,20). The molecule has 0 radical (unpaired) electrons. The molecule has 0 aliphatic carbocycles. The average Bonchev–Trinajstić information content (AvgIpc) is 2.37. The maximum atomic E-state index is 5.98. The van der Waals surface area contributed by atoms with Gasteiger partial charge in [-0.3, -0.25) is 0 Å². The summed E-state index contributed by atoms with van der Waals surface area (Å²) in [6.07, 6.45) is 0. The minimum absolute atomic E-state index is 0.564. The van der Waals surface area contributed by atoms with E-state index in [4.69, 9.17) is 27.9 Å². The third-order valence-corrected chi connectivity index (χ3v) is 3.02. The highest BCUT2D eigenvalue weighted by Crippen LogP contribution is 2.25. The van der Waals surface area contributed by atoms with Crippen molar-refractivity contribution in [3.8, 4) is 0 Å². The van der Waals surface area contributed by atoms with Crippen molar-refractivity contribution in [1.82, 2.24) is 9.97 Å². The molecule has 0 spiro atoms. The number of nitrogens with one attached hydrogen (secondary N) is 2. The molecule has 0 saturated carbocycles. The van der Waals surface area contributed by atoms with Gasteiger partial charge in [-0.15, -0.1) is 0 Å². The lowest BCUT2D eigenvalue weighted by atomic mass is 10.3. The third kappa shape index (κ3) is 5.04. The molecule has 7 heteroatoms. The smallest absolute Gasteiger partial charge is 0.136 e. The number of aromatic nitrogens is 2. The second kappa shape index (κ2) is 7.45. The number of hydrogen-bond acceptors (Lipinski definition) is 5. The van der Waals surface area contributed by atoms with E-state index in [1.807, 2.05) is 13.0 Å². The van der Waals surface area contributed by atoms with Gasteiger partial charge in [0.2, 0.25) is 0 Å². The number of halogens is 2. The Bertz CT molecular complexity index is 602. The van der Waals surface area contributed by atoms with Gasteiger partial charge in [-0.2, -0.15) is 0 Å². The molecular weight excluding hydrogens is 311 g/mol. The monoisotopic (exact) mass is 326 g/mol. The van der Waals surface area contributed by atoms with Gasteiger partial charge >= 0.3 is 0 Å². The molecule has 0 saturated heterocycles. The molecule has 0 aliphatic heterocycles. The molecule has 0 fully saturated rings. The van der Waals surface area contributed by atoms with E-state index in [1.165, 1.54) is 0 Å². The minimum Gasteiger partial charge on any atom is -0.383 e. The zero-order valence-corrected chi connectivity index (χ0v) is 13.3. The van der Waals surface area contributed by atoms with Crippen molar-refractivity contribution in [1.29, 1.82) is 0 Å². The van der Waals surface area contributed by atoms with Crippen molar-refractivity contribution in [3.63, 3.8) is 0 Å². The molecule has 0 aliphatic rings. The van der Waals surface area contributed by atoms with E-state index in [2.05, 4.69) is 20.6 Å². The Morgan fingerprint density at radius 3 is 2.38 bits per heavy atom. The highest BCUT2D eigenvalue weighted by atomic mass is 35.5. The van der Waals surface area contributed by atoms with Crippen LogP contribution in [-0.2, 0) is 4.74 Å². The van der Waals surface area contributed by atoms with Crippen LogP contribution in [0.3, 0.4) is 0 Å². The molecule has 112 valence electrons. The minimum atomic E-state index is 0.564. The van der Waals surface area contributed by atoms with Crippen molar-refractivity contribution in [3.05, 3.63) is 40.1 Å². The number of methoxy groups -OCH3 is 1. The van der Waals surface area contributed by atoms with Gasteiger partial charge in [0.15, 0.2) is 0 Å². The van der Waals surface area contributed by atoms with Crippen LogP contribution in [0.4, 0.5) is 17.3 Å². The number of benzene rings is 1. The first kappa shape index (κ1) is 15.8. The van der Waals surface area contributed by atoms with Gasteiger partial charge in [0.05, 0.1) is 6.61 Å². The van der Waals surface area contributed by atoms with E-state index in [-0.39, 0.29) is 0 Å². The number of rotatable bonds is 6. The zero-order valence-electron chi connectivity index (χ0n) is 11.8. The molecule has 5 nitrogen and oxygen atoms in total. The molecule has 2 rings (SSSR count). The highest BCUT2D eigenvalue weighted by molar-refractivity contribution is 6.35. The van der Waals surface area contributed by atoms with Crippen molar-refractivity contribution in [2.45, 2.75) is 6.92 Å². The fourth-order valence-electron chi connectivity index (χ4n) is 1.78. The second-order valence-corrected chi connectivity index (χ2v) is 5.26. The largest absolute Gasteiger partial charge is 0.383 e. The van der Waals surface area contributed by atoms with E-state index >= 15 is 0 Å². The van der Waals surface area contributed by atoms with Gasteiger partial charge in [0, 0.05) is 35.5 Å². The highest BCUT2D eigenvalue weighted by Gasteiger charge is 2.04. The van der Waals surface area contributed by atoms with Crippen LogP contribution < -0.4 is 10.6 Å². The quantitative estimate of drug-likeness (QED) is 0.788. The van der Waals surface area contributed by atoms with E-state index in [9.17, 15) is 0 Å². The Morgan fingerprint density at radius 2 is 1.71 bits per heavy atom. The van der Waals surface area contributed by atoms with Gasteiger partial charge in [0.25, 0.3) is 0 Å². The zero-order chi connectivity index (χ0) is 15.2. The molecule has 0 unspecified atom stereocenters. The van der Waals surface area contributed by atoms with Gasteiger partial charge in [-0.25, -0.2) is 9.97 Å². The Morgan fingerprint density at radius 1 is 1.05 bits per heavy atom. The van der Waals surface area contributed by atoms with Crippen molar-refractivity contribution < 1.29 is 4.74 Å².